The molecule has 1 rings (SSSR count). The zero-order valence-corrected chi connectivity index (χ0v) is 10.0. The van der Waals surface area contributed by atoms with Crippen LogP contribution in [0.15, 0.2) is 23.8 Å². The SMILES string of the molecule is C=CC1=C(C(C)(C)C)C(=O)C1(OC)OC. The standard InChI is InChI=1S/C12H18O3/c1-7-8-9(11(2,3)4)10(13)12(8,14-5)15-6/h7H,1H2,2-6H3. The van der Waals surface area contributed by atoms with Gasteiger partial charge in [0.05, 0.1) is 0 Å². The Kier molecular flexibility index (Phi) is 2.90. The minimum Gasteiger partial charge on any atom is -0.343 e. The van der Waals surface area contributed by atoms with Gasteiger partial charge in [0, 0.05) is 25.4 Å². The van der Waals surface area contributed by atoms with E-state index in [2.05, 4.69) is 6.58 Å². The minimum atomic E-state index is -1.22. The monoisotopic (exact) mass is 210 g/mol. The molecule has 0 bridgehead atoms. The van der Waals surface area contributed by atoms with Crippen LogP contribution in [0.25, 0.3) is 0 Å². The average Bonchev–Trinajstić information content (AvgIpc) is 2.13. The highest BCUT2D eigenvalue weighted by Gasteiger charge is 2.56. The molecule has 1 aliphatic rings. The fourth-order valence-electron chi connectivity index (χ4n) is 1.98. The summed E-state index contributed by atoms with van der Waals surface area (Å²) in [5.41, 5.74) is 1.27. The van der Waals surface area contributed by atoms with E-state index in [9.17, 15) is 4.79 Å². The first-order valence-electron chi connectivity index (χ1n) is 4.88. The molecule has 0 aliphatic heterocycles. The Labute approximate surface area is 90.8 Å². The average molecular weight is 210 g/mol. The molecule has 0 spiro atoms. The third-order valence-corrected chi connectivity index (χ3v) is 2.68. The molecule has 3 heteroatoms. The maximum Gasteiger partial charge on any atom is 0.260 e. The normalized spacial score (nSPS) is 20.2. The van der Waals surface area contributed by atoms with Crippen molar-refractivity contribution in [2.24, 2.45) is 5.41 Å². The number of rotatable bonds is 3. The maximum atomic E-state index is 12.0. The van der Waals surface area contributed by atoms with Gasteiger partial charge in [0.2, 0.25) is 5.78 Å². The third kappa shape index (κ3) is 1.46. The molecule has 0 aromatic rings. The van der Waals surface area contributed by atoms with Crippen LogP contribution in [0.5, 0.6) is 0 Å². The summed E-state index contributed by atoms with van der Waals surface area (Å²) >= 11 is 0. The highest BCUT2D eigenvalue weighted by molar-refractivity contribution is 6.13. The Balaban J connectivity index is 3.30. The molecule has 0 N–H and O–H groups in total. The number of ether oxygens (including phenoxy) is 2. The number of methoxy groups -OCH3 is 2. The van der Waals surface area contributed by atoms with Gasteiger partial charge in [-0.15, -0.1) is 0 Å². The topological polar surface area (TPSA) is 35.5 Å². The van der Waals surface area contributed by atoms with Crippen LogP contribution >= 0.6 is 0 Å². The Morgan fingerprint density at radius 1 is 1.27 bits per heavy atom. The van der Waals surface area contributed by atoms with Crippen LogP contribution in [-0.2, 0) is 14.3 Å². The van der Waals surface area contributed by atoms with Crippen LogP contribution in [0.1, 0.15) is 20.8 Å². The van der Waals surface area contributed by atoms with Crippen molar-refractivity contribution in [3.8, 4) is 0 Å². The molecule has 0 amide bonds. The number of carbonyl (C=O) groups is 1. The van der Waals surface area contributed by atoms with E-state index in [0.717, 1.165) is 11.1 Å². The highest BCUT2D eigenvalue weighted by Crippen LogP contribution is 2.46. The maximum absolute atomic E-state index is 12.0. The molecule has 1 aliphatic carbocycles. The Morgan fingerprint density at radius 2 is 1.73 bits per heavy atom. The largest absolute Gasteiger partial charge is 0.343 e. The molecule has 0 aromatic heterocycles. The van der Waals surface area contributed by atoms with E-state index in [-0.39, 0.29) is 11.2 Å². The molecule has 0 aromatic carbocycles. The van der Waals surface area contributed by atoms with Gasteiger partial charge in [0.1, 0.15) is 0 Å². The van der Waals surface area contributed by atoms with Crippen molar-refractivity contribution in [3.05, 3.63) is 23.8 Å². The van der Waals surface area contributed by atoms with E-state index >= 15 is 0 Å². The number of hydrogen-bond acceptors (Lipinski definition) is 3. The summed E-state index contributed by atoms with van der Waals surface area (Å²) in [5, 5.41) is 0. The summed E-state index contributed by atoms with van der Waals surface area (Å²) in [6.45, 7) is 9.66. The summed E-state index contributed by atoms with van der Waals surface area (Å²) in [4.78, 5) is 12.0. The second-order valence-electron chi connectivity index (χ2n) is 4.60. The van der Waals surface area contributed by atoms with Gasteiger partial charge in [0.15, 0.2) is 0 Å². The minimum absolute atomic E-state index is 0.102. The molecule has 3 nitrogen and oxygen atoms in total. The fraction of sp³-hybridized carbons (Fsp3) is 0.583. The predicted molar refractivity (Wildman–Crippen MR) is 58.4 cm³/mol. The Morgan fingerprint density at radius 3 is 2.00 bits per heavy atom. The Bertz CT molecular complexity index is 327. The molecule has 0 heterocycles. The molecular formula is C12H18O3. The number of hydrogen-bond donors (Lipinski definition) is 0. The van der Waals surface area contributed by atoms with Gasteiger partial charge in [-0.2, -0.15) is 0 Å². The zero-order valence-electron chi connectivity index (χ0n) is 10.0. The van der Waals surface area contributed by atoms with Gasteiger partial charge in [-0.25, -0.2) is 0 Å². The van der Waals surface area contributed by atoms with Crippen LogP contribution in [0.2, 0.25) is 0 Å². The lowest BCUT2D eigenvalue weighted by Gasteiger charge is -2.44. The van der Waals surface area contributed by atoms with Crippen LogP contribution in [0.4, 0.5) is 0 Å². The van der Waals surface area contributed by atoms with Gasteiger partial charge < -0.3 is 9.47 Å². The van der Waals surface area contributed by atoms with Crippen LogP contribution in [0, 0.1) is 5.41 Å². The second kappa shape index (κ2) is 3.58. The molecule has 84 valence electrons. The highest BCUT2D eigenvalue weighted by atomic mass is 16.7. The number of ketones is 1. The van der Waals surface area contributed by atoms with E-state index in [1.807, 2.05) is 20.8 Å². The first-order valence-corrected chi connectivity index (χ1v) is 4.88. The summed E-state index contributed by atoms with van der Waals surface area (Å²) in [5.74, 6) is -1.32. The number of carbonyl (C=O) groups excluding carboxylic acids is 1. The summed E-state index contributed by atoms with van der Waals surface area (Å²) < 4.78 is 10.3. The molecule has 0 fully saturated rings. The molecular weight excluding hydrogens is 192 g/mol. The van der Waals surface area contributed by atoms with E-state index in [1.165, 1.54) is 14.2 Å². The van der Waals surface area contributed by atoms with E-state index in [1.54, 1.807) is 6.08 Å². The van der Waals surface area contributed by atoms with Crippen LogP contribution in [-0.4, -0.2) is 25.8 Å². The fourth-order valence-corrected chi connectivity index (χ4v) is 1.98. The van der Waals surface area contributed by atoms with Gasteiger partial charge in [-0.05, 0) is 5.41 Å². The van der Waals surface area contributed by atoms with Gasteiger partial charge >= 0.3 is 0 Å². The summed E-state index contributed by atoms with van der Waals surface area (Å²) in [6, 6.07) is 0. The predicted octanol–water partition coefficient (Wildman–Crippen LogP) is 2.09. The van der Waals surface area contributed by atoms with Crippen molar-refractivity contribution in [1.82, 2.24) is 0 Å². The molecule has 0 saturated heterocycles. The van der Waals surface area contributed by atoms with Gasteiger partial charge in [0.25, 0.3) is 5.79 Å². The van der Waals surface area contributed by atoms with E-state index < -0.39 is 5.79 Å². The third-order valence-electron chi connectivity index (χ3n) is 2.68. The molecule has 0 unspecified atom stereocenters. The Hall–Kier alpha value is -0.930. The summed E-state index contributed by atoms with van der Waals surface area (Å²) in [6.07, 6.45) is 1.63. The van der Waals surface area contributed by atoms with Crippen molar-refractivity contribution >= 4 is 5.78 Å². The first kappa shape index (κ1) is 12.1. The smallest absolute Gasteiger partial charge is 0.260 e. The van der Waals surface area contributed by atoms with Crippen molar-refractivity contribution in [2.45, 2.75) is 26.6 Å². The van der Waals surface area contributed by atoms with Crippen LogP contribution in [0.3, 0.4) is 0 Å². The lowest BCUT2D eigenvalue weighted by molar-refractivity contribution is -0.195. The van der Waals surface area contributed by atoms with Crippen molar-refractivity contribution in [3.63, 3.8) is 0 Å². The van der Waals surface area contributed by atoms with Gasteiger partial charge in [-0.1, -0.05) is 33.4 Å². The van der Waals surface area contributed by atoms with Crippen molar-refractivity contribution in [2.75, 3.05) is 14.2 Å². The van der Waals surface area contributed by atoms with Crippen LogP contribution < -0.4 is 0 Å². The zero-order chi connectivity index (χ0) is 11.9. The molecule has 0 saturated carbocycles. The van der Waals surface area contributed by atoms with Crippen molar-refractivity contribution in [1.29, 1.82) is 0 Å². The van der Waals surface area contributed by atoms with Crippen molar-refractivity contribution < 1.29 is 14.3 Å². The van der Waals surface area contributed by atoms with E-state index in [0.29, 0.717) is 0 Å². The molecule has 0 atom stereocenters. The first-order chi connectivity index (χ1) is 6.85. The lowest BCUT2D eigenvalue weighted by Crippen LogP contribution is -2.56. The van der Waals surface area contributed by atoms with E-state index in [4.69, 9.17) is 9.47 Å². The second-order valence-corrected chi connectivity index (χ2v) is 4.60. The molecule has 15 heavy (non-hydrogen) atoms. The number of Topliss-reactive ketones (excluding diaryl/α,β-unsaturated/α-hetero) is 1. The quantitative estimate of drug-likeness (QED) is 0.669. The molecule has 0 radical (unpaired) electrons. The van der Waals surface area contributed by atoms with Gasteiger partial charge in [-0.3, -0.25) is 4.79 Å². The summed E-state index contributed by atoms with van der Waals surface area (Å²) in [7, 11) is 2.93. The lowest BCUT2D eigenvalue weighted by atomic mass is 9.68.